The lowest BCUT2D eigenvalue weighted by Crippen LogP contribution is -1.84. The van der Waals surface area contributed by atoms with E-state index in [2.05, 4.69) is 12.1 Å². The molecule has 0 saturated carbocycles. The number of nitrogens with two attached hydrogens (primary N) is 1. The molecule has 0 atom stereocenters. The normalized spacial score (nSPS) is 11.3. The molecule has 0 unspecified atom stereocenters. The van der Waals surface area contributed by atoms with E-state index in [0.29, 0.717) is 10.7 Å². The average Bonchev–Trinajstić information content (AvgIpc) is 2.57. The molecule has 1 aromatic heterocycles. The van der Waals surface area contributed by atoms with Gasteiger partial charge in [-0.2, -0.15) is 0 Å². The van der Waals surface area contributed by atoms with E-state index >= 15 is 0 Å². The van der Waals surface area contributed by atoms with Gasteiger partial charge in [0.15, 0.2) is 0 Å². The van der Waals surface area contributed by atoms with E-state index in [1.165, 1.54) is 20.2 Å². The van der Waals surface area contributed by atoms with Crippen LogP contribution in [0.5, 0.6) is 0 Å². The Hall–Kier alpha value is -1.25. The fourth-order valence-electron chi connectivity index (χ4n) is 1.76. The number of halogens is 1. The van der Waals surface area contributed by atoms with Gasteiger partial charge < -0.3 is 5.73 Å². The Morgan fingerprint density at radius 3 is 2.67 bits per heavy atom. The summed E-state index contributed by atoms with van der Waals surface area (Å²) in [4.78, 5) is 0. The van der Waals surface area contributed by atoms with E-state index in [0.717, 1.165) is 0 Å². The van der Waals surface area contributed by atoms with Crippen molar-refractivity contribution < 1.29 is 0 Å². The van der Waals surface area contributed by atoms with Crippen LogP contribution in [0.25, 0.3) is 20.2 Å². The molecule has 0 radical (unpaired) electrons. The quantitative estimate of drug-likeness (QED) is 0.576. The number of thiophene rings is 1. The maximum absolute atomic E-state index is 6.02. The van der Waals surface area contributed by atoms with Crippen LogP contribution in [0.4, 0.5) is 5.69 Å². The molecule has 15 heavy (non-hydrogen) atoms. The SMILES string of the molecule is Nc1cc2sc3ccccc3c2cc1Cl. The molecule has 74 valence electrons. The standard InChI is InChI=1S/C12H8ClNS/c13-9-5-8-7-3-1-2-4-11(7)15-12(8)6-10(9)14/h1-6H,14H2. The van der Waals surface area contributed by atoms with Gasteiger partial charge in [-0.25, -0.2) is 0 Å². The first-order valence-electron chi connectivity index (χ1n) is 4.62. The van der Waals surface area contributed by atoms with Crippen LogP contribution in [-0.4, -0.2) is 0 Å². The van der Waals surface area contributed by atoms with Gasteiger partial charge in [0.1, 0.15) is 0 Å². The largest absolute Gasteiger partial charge is 0.397 e. The van der Waals surface area contributed by atoms with Crippen molar-refractivity contribution in [2.24, 2.45) is 0 Å². The highest BCUT2D eigenvalue weighted by Gasteiger charge is 2.06. The van der Waals surface area contributed by atoms with Gasteiger partial charge in [0.2, 0.25) is 0 Å². The monoisotopic (exact) mass is 233 g/mol. The number of hydrogen-bond donors (Lipinski definition) is 1. The third kappa shape index (κ3) is 1.29. The molecule has 3 heteroatoms. The van der Waals surface area contributed by atoms with E-state index in [9.17, 15) is 0 Å². The minimum absolute atomic E-state index is 0.631. The van der Waals surface area contributed by atoms with E-state index in [4.69, 9.17) is 17.3 Å². The summed E-state index contributed by atoms with van der Waals surface area (Å²) in [5.74, 6) is 0. The van der Waals surface area contributed by atoms with E-state index in [1.54, 1.807) is 11.3 Å². The second-order valence-electron chi connectivity index (χ2n) is 3.47. The Kier molecular flexibility index (Phi) is 1.87. The van der Waals surface area contributed by atoms with Gasteiger partial charge >= 0.3 is 0 Å². The zero-order chi connectivity index (χ0) is 10.4. The second kappa shape index (κ2) is 3.12. The van der Waals surface area contributed by atoms with Crippen molar-refractivity contribution >= 4 is 48.8 Å². The third-order valence-corrected chi connectivity index (χ3v) is 3.96. The molecule has 0 fully saturated rings. The topological polar surface area (TPSA) is 26.0 Å². The van der Waals surface area contributed by atoms with Crippen LogP contribution in [0.15, 0.2) is 36.4 Å². The fraction of sp³-hybridized carbons (Fsp3) is 0. The van der Waals surface area contributed by atoms with E-state index in [1.807, 2.05) is 24.3 Å². The number of anilines is 1. The summed E-state index contributed by atoms with van der Waals surface area (Å²) in [6.45, 7) is 0. The summed E-state index contributed by atoms with van der Waals surface area (Å²) in [5, 5.41) is 3.07. The van der Waals surface area contributed by atoms with Gasteiger partial charge in [0.05, 0.1) is 10.7 Å². The maximum Gasteiger partial charge on any atom is 0.0642 e. The van der Waals surface area contributed by atoms with Gasteiger partial charge in [-0.3, -0.25) is 0 Å². The minimum atomic E-state index is 0.631. The molecule has 0 spiro atoms. The molecule has 0 aliphatic carbocycles. The number of fused-ring (bicyclic) bond motifs is 3. The first-order valence-corrected chi connectivity index (χ1v) is 5.81. The number of nitrogen functional groups attached to an aromatic ring is 1. The lowest BCUT2D eigenvalue weighted by molar-refractivity contribution is 1.79. The summed E-state index contributed by atoms with van der Waals surface area (Å²) in [7, 11) is 0. The van der Waals surface area contributed by atoms with Gasteiger partial charge in [0.25, 0.3) is 0 Å². The van der Waals surface area contributed by atoms with Gasteiger partial charge in [-0.1, -0.05) is 29.8 Å². The van der Waals surface area contributed by atoms with Crippen molar-refractivity contribution in [3.05, 3.63) is 41.4 Å². The highest BCUT2D eigenvalue weighted by atomic mass is 35.5. The highest BCUT2D eigenvalue weighted by Crippen LogP contribution is 2.37. The molecule has 0 saturated heterocycles. The van der Waals surface area contributed by atoms with Crippen molar-refractivity contribution in [3.63, 3.8) is 0 Å². The molecule has 3 aromatic rings. The molecule has 2 N–H and O–H groups in total. The Morgan fingerprint density at radius 2 is 1.80 bits per heavy atom. The van der Waals surface area contributed by atoms with Crippen molar-refractivity contribution in [2.45, 2.75) is 0 Å². The molecular weight excluding hydrogens is 226 g/mol. The Balaban J connectivity index is 2.56. The van der Waals surface area contributed by atoms with Crippen LogP contribution in [0.1, 0.15) is 0 Å². The Labute approximate surface area is 96.1 Å². The van der Waals surface area contributed by atoms with Gasteiger partial charge in [-0.05, 0) is 18.2 Å². The number of hydrogen-bond acceptors (Lipinski definition) is 2. The molecule has 3 rings (SSSR count). The molecule has 0 aliphatic rings. The maximum atomic E-state index is 6.02. The fourth-order valence-corrected chi connectivity index (χ4v) is 3.06. The zero-order valence-electron chi connectivity index (χ0n) is 7.83. The lowest BCUT2D eigenvalue weighted by Gasteiger charge is -1.97. The van der Waals surface area contributed by atoms with Crippen LogP contribution < -0.4 is 5.73 Å². The summed E-state index contributed by atoms with van der Waals surface area (Å²) in [5.41, 5.74) is 6.43. The number of rotatable bonds is 0. The van der Waals surface area contributed by atoms with Crippen molar-refractivity contribution in [2.75, 3.05) is 5.73 Å². The van der Waals surface area contributed by atoms with Crippen LogP contribution in [-0.2, 0) is 0 Å². The summed E-state index contributed by atoms with van der Waals surface area (Å²) >= 11 is 7.77. The first-order chi connectivity index (χ1) is 7.25. The van der Waals surface area contributed by atoms with Crippen molar-refractivity contribution in [1.29, 1.82) is 0 Å². The van der Waals surface area contributed by atoms with Crippen LogP contribution >= 0.6 is 22.9 Å². The summed E-state index contributed by atoms with van der Waals surface area (Å²) in [6.07, 6.45) is 0. The molecule has 1 nitrogen and oxygen atoms in total. The average molecular weight is 234 g/mol. The molecule has 0 amide bonds. The Bertz CT molecular complexity index is 657. The predicted octanol–water partition coefficient (Wildman–Crippen LogP) is 4.29. The van der Waals surface area contributed by atoms with Crippen LogP contribution in [0.3, 0.4) is 0 Å². The third-order valence-electron chi connectivity index (χ3n) is 2.50. The van der Waals surface area contributed by atoms with Crippen LogP contribution in [0, 0.1) is 0 Å². The second-order valence-corrected chi connectivity index (χ2v) is 4.96. The minimum Gasteiger partial charge on any atom is -0.397 e. The van der Waals surface area contributed by atoms with Gasteiger partial charge in [-0.15, -0.1) is 11.3 Å². The molecular formula is C12H8ClNS. The van der Waals surface area contributed by atoms with E-state index < -0.39 is 0 Å². The smallest absolute Gasteiger partial charge is 0.0642 e. The predicted molar refractivity (Wildman–Crippen MR) is 68.8 cm³/mol. The zero-order valence-corrected chi connectivity index (χ0v) is 9.40. The van der Waals surface area contributed by atoms with E-state index in [-0.39, 0.29) is 0 Å². The highest BCUT2D eigenvalue weighted by molar-refractivity contribution is 7.25. The number of benzene rings is 2. The summed E-state index contributed by atoms with van der Waals surface area (Å²) in [6, 6.07) is 12.2. The molecule has 1 heterocycles. The molecule has 2 aromatic carbocycles. The van der Waals surface area contributed by atoms with Gasteiger partial charge in [0, 0.05) is 20.2 Å². The van der Waals surface area contributed by atoms with Crippen molar-refractivity contribution in [1.82, 2.24) is 0 Å². The molecule has 0 aliphatic heterocycles. The Morgan fingerprint density at radius 1 is 1.00 bits per heavy atom. The van der Waals surface area contributed by atoms with Crippen LogP contribution in [0.2, 0.25) is 5.02 Å². The molecule has 0 bridgehead atoms. The van der Waals surface area contributed by atoms with Crippen molar-refractivity contribution in [3.8, 4) is 0 Å². The lowest BCUT2D eigenvalue weighted by atomic mass is 10.1. The first kappa shape index (κ1) is 9.01. The summed E-state index contributed by atoms with van der Waals surface area (Å²) < 4.78 is 2.47.